The van der Waals surface area contributed by atoms with E-state index in [1.165, 1.54) is 0 Å². The Hall–Kier alpha value is -2.11. The molecule has 1 aromatic rings. The maximum atomic E-state index is 11.9. The van der Waals surface area contributed by atoms with E-state index >= 15 is 0 Å². The fourth-order valence-electron chi connectivity index (χ4n) is 2.73. The fraction of sp³-hybridized carbons (Fsp3) is 0.533. The van der Waals surface area contributed by atoms with Gasteiger partial charge in [-0.25, -0.2) is 9.59 Å². The van der Waals surface area contributed by atoms with Gasteiger partial charge in [-0.05, 0) is 30.4 Å². The zero-order valence-electron chi connectivity index (χ0n) is 11.9. The predicted octanol–water partition coefficient (Wildman–Crippen LogP) is 1.91. The topological polar surface area (TPSA) is 91.3 Å². The maximum absolute atomic E-state index is 11.9. The van der Waals surface area contributed by atoms with Gasteiger partial charge >= 0.3 is 12.0 Å². The van der Waals surface area contributed by atoms with E-state index < -0.39 is 18.0 Å². The molecule has 0 saturated heterocycles. The molecule has 21 heavy (non-hydrogen) atoms. The largest absolute Gasteiger partial charge is 0.480 e. The highest BCUT2D eigenvalue weighted by Gasteiger charge is 2.30. The van der Waals surface area contributed by atoms with E-state index in [0.29, 0.717) is 6.54 Å². The number of aromatic nitrogens is 1. The summed E-state index contributed by atoms with van der Waals surface area (Å²) in [5.41, 5.74) is 0.872. The molecule has 0 bridgehead atoms. The van der Waals surface area contributed by atoms with Crippen molar-refractivity contribution >= 4 is 12.0 Å². The average Bonchev–Trinajstić information content (AvgIpc) is 2.52. The number of nitrogens with zero attached hydrogens (tertiary/aromatic N) is 1. The number of urea groups is 1. The first-order chi connectivity index (χ1) is 10.2. The molecule has 6 nitrogen and oxygen atoms in total. The molecule has 0 aromatic carbocycles. The second-order valence-corrected chi connectivity index (χ2v) is 5.40. The summed E-state index contributed by atoms with van der Waals surface area (Å²) in [5, 5.41) is 14.6. The minimum atomic E-state index is -0.960. The van der Waals surface area contributed by atoms with Gasteiger partial charge in [-0.15, -0.1) is 0 Å². The standard InChI is InChI=1S/C15H21N3O3/c19-14(20)13(12-6-2-1-3-7-12)18-15(21)17-10-11-5-4-8-16-9-11/h4-5,8-9,12-13H,1-3,6-7,10H2,(H,19,20)(H2,17,18,21). The number of hydrogen-bond acceptors (Lipinski definition) is 3. The van der Waals surface area contributed by atoms with E-state index in [2.05, 4.69) is 15.6 Å². The Kier molecular flexibility index (Phi) is 5.54. The zero-order valence-corrected chi connectivity index (χ0v) is 11.9. The molecular formula is C15H21N3O3. The van der Waals surface area contributed by atoms with Crippen molar-refractivity contribution in [1.82, 2.24) is 15.6 Å². The van der Waals surface area contributed by atoms with Crippen LogP contribution in [0.25, 0.3) is 0 Å². The van der Waals surface area contributed by atoms with Crippen LogP contribution in [0.2, 0.25) is 0 Å². The third-order valence-electron chi connectivity index (χ3n) is 3.85. The molecule has 1 atom stereocenters. The molecule has 1 aromatic heterocycles. The number of amides is 2. The number of pyridine rings is 1. The molecular weight excluding hydrogens is 270 g/mol. The van der Waals surface area contributed by atoms with E-state index in [-0.39, 0.29) is 5.92 Å². The van der Waals surface area contributed by atoms with Crippen molar-refractivity contribution in [3.8, 4) is 0 Å². The Bertz CT molecular complexity index is 472. The summed E-state index contributed by atoms with van der Waals surface area (Å²) in [6.07, 6.45) is 8.26. The molecule has 1 unspecified atom stereocenters. The summed E-state index contributed by atoms with van der Waals surface area (Å²) in [5.74, 6) is -0.932. The number of carboxylic acid groups (broad SMARTS) is 1. The van der Waals surface area contributed by atoms with Crippen molar-refractivity contribution in [1.29, 1.82) is 0 Å². The summed E-state index contributed by atoms with van der Waals surface area (Å²) in [6, 6.07) is 2.39. The van der Waals surface area contributed by atoms with Gasteiger partial charge in [0.15, 0.2) is 0 Å². The third-order valence-corrected chi connectivity index (χ3v) is 3.85. The number of carbonyl (C=O) groups is 2. The summed E-state index contributed by atoms with van der Waals surface area (Å²) in [4.78, 5) is 27.2. The molecule has 2 rings (SSSR count). The highest BCUT2D eigenvalue weighted by Crippen LogP contribution is 2.26. The van der Waals surface area contributed by atoms with Crippen LogP contribution in [0.5, 0.6) is 0 Å². The van der Waals surface area contributed by atoms with E-state index in [1.807, 2.05) is 6.07 Å². The smallest absolute Gasteiger partial charge is 0.326 e. The van der Waals surface area contributed by atoms with Crippen molar-refractivity contribution in [3.05, 3.63) is 30.1 Å². The van der Waals surface area contributed by atoms with E-state index in [9.17, 15) is 14.7 Å². The Morgan fingerprint density at radius 1 is 1.33 bits per heavy atom. The summed E-state index contributed by atoms with van der Waals surface area (Å²) < 4.78 is 0. The molecule has 0 radical (unpaired) electrons. The first kappa shape index (κ1) is 15.3. The fourth-order valence-corrected chi connectivity index (χ4v) is 2.73. The molecule has 3 N–H and O–H groups in total. The minimum Gasteiger partial charge on any atom is -0.480 e. The summed E-state index contributed by atoms with van der Waals surface area (Å²) in [6.45, 7) is 0.330. The summed E-state index contributed by atoms with van der Waals surface area (Å²) in [7, 11) is 0. The first-order valence-electron chi connectivity index (χ1n) is 7.33. The second-order valence-electron chi connectivity index (χ2n) is 5.40. The number of aliphatic carboxylic acids is 1. The predicted molar refractivity (Wildman–Crippen MR) is 77.6 cm³/mol. The van der Waals surface area contributed by atoms with Crippen LogP contribution >= 0.6 is 0 Å². The van der Waals surface area contributed by atoms with Crippen molar-refractivity contribution in [2.24, 2.45) is 5.92 Å². The normalized spacial score (nSPS) is 17.0. The summed E-state index contributed by atoms with van der Waals surface area (Å²) >= 11 is 0. The van der Waals surface area contributed by atoms with Gasteiger partial charge in [-0.2, -0.15) is 0 Å². The average molecular weight is 291 g/mol. The SMILES string of the molecule is O=C(NCc1cccnc1)NC(C(=O)O)C1CCCCC1. The highest BCUT2D eigenvalue weighted by molar-refractivity contribution is 5.82. The lowest BCUT2D eigenvalue weighted by molar-refractivity contribution is -0.141. The number of nitrogens with one attached hydrogen (secondary N) is 2. The van der Waals surface area contributed by atoms with Gasteiger partial charge in [0.2, 0.25) is 0 Å². The lowest BCUT2D eigenvalue weighted by Crippen LogP contribution is -2.50. The maximum Gasteiger partial charge on any atom is 0.326 e. The molecule has 1 saturated carbocycles. The Balaban J connectivity index is 1.84. The first-order valence-corrected chi connectivity index (χ1v) is 7.33. The Morgan fingerprint density at radius 2 is 2.10 bits per heavy atom. The van der Waals surface area contributed by atoms with Crippen LogP contribution in [0.15, 0.2) is 24.5 Å². The Morgan fingerprint density at radius 3 is 2.71 bits per heavy atom. The molecule has 6 heteroatoms. The van der Waals surface area contributed by atoms with E-state index in [4.69, 9.17) is 0 Å². The molecule has 1 aliphatic rings. The van der Waals surface area contributed by atoms with Crippen LogP contribution in [-0.2, 0) is 11.3 Å². The van der Waals surface area contributed by atoms with Gasteiger partial charge in [0.1, 0.15) is 6.04 Å². The van der Waals surface area contributed by atoms with Crippen molar-refractivity contribution in [2.45, 2.75) is 44.7 Å². The molecule has 1 fully saturated rings. The van der Waals surface area contributed by atoms with Gasteiger partial charge in [0.25, 0.3) is 0 Å². The van der Waals surface area contributed by atoms with Crippen molar-refractivity contribution in [2.75, 3.05) is 0 Å². The van der Waals surface area contributed by atoms with Crippen molar-refractivity contribution < 1.29 is 14.7 Å². The van der Waals surface area contributed by atoms with Gasteiger partial charge < -0.3 is 15.7 Å². The monoisotopic (exact) mass is 291 g/mol. The van der Waals surface area contributed by atoms with Crippen molar-refractivity contribution in [3.63, 3.8) is 0 Å². The molecule has 1 aliphatic carbocycles. The van der Waals surface area contributed by atoms with Crippen LogP contribution in [0, 0.1) is 5.92 Å². The van der Waals surface area contributed by atoms with Crippen LogP contribution in [0.3, 0.4) is 0 Å². The van der Waals surface area contributed by atoms with Gasteiger partial charge in [-0.3, -0.25) is 4.98 Å². The van der Waals surface area contributed by atoms with Gasteiger partial charge in [-0.1, -0.05) is 25.3 Å². The highest BCUT2D eigenvalue weighted by atomic mass is 16.4. The molecule has 0 aliphatic heterocycles. The zero-order chi connectivity index (χ0) is 15.1. The van der Waals surface area contributed by atoms with Crippen LogP contribution < -0.4 is 10.6 Å². The van der Waals surface area contributed by atoms with Crippen LogP contribution in [0.4, 0.5) is 4.79 Å². The number of rotatable bonds is 5. The number of carboxylic acids is 1. The molecule has 0 spiro atoms. The van der Waals surface area contributed by atoms with Gasteiger partial charge in [0, 0.05) is 18.9 Å². The quantitative estimate of drug-likeness (QED) is 0.773. The van der Waals surface area contributed by atoms with E-state index in [0.717, 1.165) is 37.7 Å². The lowest BCUT2D eigenvalue weighted by atomic mass is 9.84. The van der Waals surface area contributed by atoms with E-state index in [1.54, 1.807) is 18.5 Å². The lowest BCUT2D eigenvalue weighted by Gasteiger charge is -2.28. The molecule has 1 heterocycles. The Labute approximate surface area is 124 Å². The third kappa shape index (κ3) is 4.73. The van der Waals surface area contributed by atoms with Crippen LogP contribution in [0.1, 0.15) is 37.7 Å². The molecule has 2 amide bonds. The number of carbonyl (C=O) groups excluding carboxylic acids is 1. The second kappa shape index (κ2) is 7.61. The minimum absolute atomic E-state index is 0.0281. The molecule has 114 valence electrons. The van der Waals surface area contributed by atoms with Gasteiger partial charge in [0.05, 0.1) is 0 Å². The van der Waals surface area contributed by atoms with Crippen LogP contribution in [-0.4, -0.2) is 28.1 Å². The number of hydrogen-bond donors (Lipinski definition) is 3.